The Balaban J connectivity index is 2.36. The molecular formula is C8H14O2. The molecule has 1 heterocycles. The average Bonchev–Trinajstić information content (AvgIpc) is 2.05. The molecule has 1 unspecified atom stereocenters. The van der Waals surface area contributed by atoms with Crippen molar-refractivity contribution >= 4 is 0 Å². The maximum absolute atomic E-state index is 5.25. The van der Waals surface area contributed by atoms with Crippen molar-refractivity contribution in [3.8, 4) is 0 Å². The minimum absolute atomic E-state index is 0.00435. The SMILES string of the molecule is CCC1=COC(OC)CC1. The lowest BCUT2D eigenvalue weighted by atomic mass is 10.1. The first-order chi connectivity index (χ1) is 4.86. The van der Waals surface area contributed by atoms with E-state index in [9.17, 15) is 0 Å². The van der Waals surface area contributed by atoms with Gasteiger partial charge in [-0.1, -0.05) is 6.92 Å². The average molecular weight is 142 g/mol. The number of ether oxygens (including phenoxy) is 2. The summed E-state index contributed by atoms with van der Waals surface area (Å²) in [6.45, 7) is 2.14. The summed E-state index contributed by atoms with van der Waals surface area (Å²) in [5.41, 5.74) is 1.38. The van der Waals surface area contributed by atoms with Crippen LogP contribution in [0, 0.1) is 0 Å². The Morgan fingerprint density at radius 3 is 3.00 bits per heavy atom. The van der Waals surface area contributed by atoms with Crippen LogP contribution in [0.25, 0.3) is 0 Å². The maximum Gasteiger partial charge on any atom is 0.198 e. The molecule has 0 bridgehead atoms. The smallest absolute Gasteiger partial charge is 0.198 e. The van der Waals surface area contributed by atoms with Crippen molar-refractivity contribution in [2.75, 3.05) is 7.11 Å². The van der Waals surface area contributed by atoms with E-state index in [1.165, 1.54) is 5.57 Å². The largest absolute Gasteiger partial charge is 0.473 e. The van der Waals surface area contributed by atoms with E-state index in [1.807, 2.05) is 6.26 Å². The first-order valence-corrected chi connectivity index (χ1v) is 3.73. The third kappa shape index (κ3) is 1.74. The maximum atomic E-state index is 5.25. The van der Waals surface area contributed by atoms with Crippen molar-refractivity contribution in [2.45, 2.75) is 32.5 Å². The van der Waals surface area contributed by atoms with Crippen molar-refractivity contribution in [1.82, 2.24) is 0 Å². The molecule has 0 N–H and O–H groups in total. The van der Waals surface area contributed by atoms with Crippen LogP contribution in [0.4, 0.5) is 0 Å². The molecular weight excluding hydrogens is 128 g/mol. The number of rotatable bonds is 2. The Kier molecular flexibility index (Phi) is 2.75. The van der Waals surface area contributed by atoms with Gasteiger partial charge in [0.25, 0.3) is 0 Å². The summed E-state index contributed by atoms with van der Waals surface area (Å²) in [4.78, 5) is 0. The van der Waals surface area contributed by atoms with Gasteiger partial charge in [-0.05, 0) is 18.4 Å². The second kappa shape index (κ2) is 3.62. The zero-order valence-corrected chi connectivity index (χ0v) is 6.59. The molecule has 1 aliphatic rings. The molecule has 10 heavy (non-hydrogen) atoms. The van der Waals surface area contributed by atoms with E-state index in [0.717, 1.165) is 19.3 Å². The summed E-state index contributed by atoms with van der Waals surface area (Å²) < 4.78 is 10.3. The molecule has 1 aliphatic heterocycles. The van der Waals surface area contributed by atoms with Crippen LogP contribution in [0.1, 0.15) is 26.2 Å². The number of allylic oxidation sites excluding steroid dienone is 1. The monoisotopic (exact) mass is 142 g/mol. The summed E-state index contributed by atoms with van der Waals surface area (Å²) in [7, 11) is 1.68. The third-order valence-electron chi connectivity index (χ3n) is 1.80. The fourth-order valence-electron chi connectivity index (χ4n) is 1.04. The Morgan fingerprint density at radius 1 is 1.80 bits per heavy atom. The molecule has 0 saturated heterocycles. The van der Waals surface area contributed by atoms with Crippen molar-refractivity contribution < 1.29 is 9.47 Å². The summed E-state index contributed by atoms with van der Waals surface area (Å²) >= 11 is 0. The Hall–Kier alpha value is -0.500. The van der Waals surface area contributed by atoms with Crippen molar-refractivity contribution in [1.29, 1.82) is 0 Å². The molecule has 0 aromatic carbocycles. The van der Waals surface area contributed by atoms with Crippen LogP contribution in [0.2, 0.25) is 0 Å². The standard InChI is InChI=1S/C8H14O2/c1-3-7-4-5-8(9-2)10-6-7/h6,8H,3-5H2,1-2H3. The van der Waals surface area contributed by atoms with Gasteiger partial charge in [0.15, 0.2) is 6.29 Å². The van der Waals surface area contributed by atoms with Gasteiger partial charge in [0.2, 0.25) is 0 Å². The lowest BCUT2D eigenvalue weighted by Crippen LogP contribution is -2.16. The highest BCUT2D eigenvalue weighted by atomic mass is 16.7. The van der Waals surface area contributed by atoms with E-state index >= 15 is 0 Å². The Bertz CT molecular complexity index is 129. The van der Waals surface area contributed by atoms with Gasteiger partial charge in [-0.3, -0.25) is 0 Å². The van der Waals surface area contributed by atoms with E-state index < -0.39 is 0 Å². The molecule has 0 radical (unpaired) electrons. The van der Waals surface area contributed by atoms with Crippen molar-refractivity contribution in [3.63, 3.8) is 0 Å². The van der Waals surface area contributed by atoms with E-state index in [2.05, 4.69) is 6.92 Å². The van der Waals surface area contributed by atoms with Crippen LogP contribution in [-0.4, -0.2) is 13.4 Å². The van der Waals surface area contributed by atoms with Crippen LogP contribution >= 0.6 is 0 Å². The lowest BCUT2D eigenvalue weighted by Gasteiger charge is -2.20. The van der Waals surface area contributed by atoms with Gasteiger partial charge in [-0.2, -0.15) is 0 Å². The van der Waals surface area contributed by atoms with Crippen LogP contribution in [0.3, 0.4) is 0 Å². The van der Waals surface area contributed by atoms with E-state index in [-0.39, 0.29) is 6.29 Å². The molecule has 0 aromatic heterocycles. The highest BCUT2D eigenvalue weighted by molar-refractivity contribution is 4.99. The predicted molar refractivity (Wildman–Crippen MR) is 39.5 cm³/mol. The minimum atomic E-state index is -0.00435. The molecule has 2 nitrogen and oxygen atoms in total. The fourth-order valence-corrected chi connectivity index (χ4v) is 1.04. The van der Waals surface area contributed by atoms with Gasteiger partial charge >= 0.3 is 0 Å². The molecule has 58 valence electrons. The minimum Gasteiger partial charge on any atom is -0.473 e. The Morgan fingerprint density at radius 2 is 2.60 bits per heavy atom. The first-order valence-electron chi connectivity index (χ1n) is 3.73. The van der Waals surface area contributed by atoms with E-state index in [4.69, 9.17) is 9.47 Å². The number of methoxy groups -OCH3 is 1. The first kappa shape index (κ1) is 7.61. The molecule has 2 heteroatoms. The predicted octanol–water partition coefficient (Wildman–Crippen LogP) is 2.06. The topological polar surface area (TPSA) is 18.5 Å². The summed E-state index contributed by atoms with van der Waals surface area (Å²) in [5.74, 6) is 0. The zero-order valence-electron chi connectivity index (χ0n) is 6.59. The molecule has 0 fully saturated rings. The van der Waals surface area contributed by atoms with E-state index in [1.54, 1.807) is 7.11 Å². The molecule has 0 aliphatic carbocycles. The molecule has 0 amide bonds. The molecule has 1 atom stereocenters. The normalized spacial score (nSPS) is 25.4. The van der Waals surface area contributed by atoms with Crippen LogP contribution in [-0.2, 0) is 9.47 Å². The molecule has 0 aromatic rings. The van der Waals surface area contributed by atoms with Gasteiger partial charge in [-0.25, -0.2) is 0 Å². The molecule has 1 rings (SSSR count). The molecule has 0 saturated carbocycles. The van der Waals surface area contributed by atoms with E-state index in [0.29, 0.717) is 0 Å². The second-order valence-electron chi connectivity index (χ2n) is 2.47. The summed E-state index contributed by atoms with van der Waals surface area (Å²) in [6.07, 6.45) is 5.04. The van der Waals surface area contributed by atoms with Gasteiger partial charge in [0.05, 0.1) is 6.26 Å². The van der Waals surface area contributed by atoms with Gasteiger partial charge in [0.1, 0.15) is 0 Å². The Labute approximate surface area is 61.8 Å². The van der Waals surface area contributed by atoms with Gasteiger partial charge < -0.3 is 9.47 Å². The van der Waals surface area contributed by atoms with Crippen LogP contribution in [0.15, 0.2) is 11.8 Å². The molecule has 0 spiro atoms. The zero-order chi connectivity index (χ0) is 7.40. The van der Waals surface area contributed by atoms with Gasteiger partial charge in [0, 0.05) is 13.5 Å². The van der Waals surface area contributed by atoms with Crippen LogP contribution < -0.4 is 0 Å². The van der Waals surface area contributed by atoms with Crippen molar-refractivity contribution in [2.24, 2.45) is 0 Å². The second-order valence-corrected chi connectivity index (χ2v) is 2.47. The van der Waals surface area contributed by atoms with Crippen molar-refractivity contribution in [3.05, 3.63) is 11.8 Å². The fraction of sp³-hybridized carbons (Fsp3) is 0.750. The number of hydrogen-bond donors (Lipinski definition) is 0. The lowest BCUT2D eigenvalue weighted by molar-refractivity contribution is -0.0941. The number of hydrogen-bond acceptors (Lipinski definition) is 2. The summed E-state index contributed by atoms with van der Waals surface area (Å²) in [6, 6.07) is 0. The highest BCUT2D eigenvalue weighted by Gasteiger charge is 2.12. The quantitative estimate of drug-likeness (QED) is 0.587. The highest BCUT2D eigenvalue weighted by Crippen LogP contribution is 2.19. The summed E-state index contributed by atoms with van der Waals surface area (Å²) in [5, 5.41) is 0. The third-order valence-corrected chi connectivity index (χ3v) is 1.80. The van der Waals surface area contributed by atoms with Crippen LogP contribution in [0.5, 0.6) is 0 Å². The van der Waals surface area contributed by atoms with Gasteiger partial charge in [-0.15, -0.1) is 0 Å².